The van der Waals surface area contributed by atoms with Gasteiger partial charge in [0.25, 0.3) is 0 Å². The summed E-state index contributed by atoms with van der Waals surface area (Å²) >= 11 is 12.3. The number of aryl methyl sites for hydroxylation is 1. The number of hydrogen-bond acceptors (Lipinski definition) is 1. The van der Waals surface area contributed by atoms with E-state index in [4.69, 9.17) is 11.6 Å². The van der Waals surface area contributed by atoms with E-state index in [1.807, 2.05) is 6.07 Å². The van der Waals surface area contributed by atoms with E-state index in [0.717, 1.165) is 21.1 Å². The lowest BCUT2D eigenvalue weighted by molar-refractivity contribution is 1.02. The van der Waals surface area contributed by atoms with Crippen molar-refractivity contribution in [2.45, 2.75) is 6.42 Å². The van der Waals surface area contributed by atoms with Crippen LogP contribution < -0.4 is 0 Å². The zero-order chi connectivity index (χ0) is 8.27. The molecule has 1 heterocycles. The van der Waals surface area contributed by atoms with Gasteiger partial charge in [-0.15, -0.1) is 11.6 Å². The molecule has 1 rings (SSSR count). The van der Waals surface area contributed by atoms with E-state index < -0.39 is 0 Å². The molecule has 0 aliphatic heterocycles. The average molecular weight is 299 g/mol. The monoisotopic (exact) mass is 297 g/mol. The summed E-state index contributed by atoms with van der Waals surface area (Å²) in [6, 6.07) is 1.97. The zero-order valence-electron chi connectivity index (χ0n) is 5.65. The average Bonchev–Trinajstić information content (AvgIpc) is 1.95. The van der Waals surface area contributed by atoms with E-state index in [2.05, 4.69) is 36.8 Å². The molecule has 11 heavy (non-hydrogen) atoms. The van der Waals surface area contributed by atoms with Gasteiger partial charge in [0.2, 0.25) is 0 Å². The summed E-state index contributed by atoms with van der Waals surface area (Å²) in [5.41, 5.74) is 1.00. The summed E-state index contributed by atoms with van der Waals surface area (Å²) < 4.78 is 1.98. The molecule has 1 aromatic heterocycles. The van der Waals surface area contributed by atoms with Crippen molar-refractivity contribution in [3.05, 3.63) is 26.9 Å². The molecule has 0 saturated carbocycles. The Balaban J connectivity index is 2.90. The molecular weight excluding hydrogens is 293 g/mol. The molecule has 0 aliphatic rings. The van der Waals surface area contributed by atoms with Crippen molar-refractivity contribution >= 4 is 43.5 Å². The second-order valence-electron chi connectivity index (χ2n) is 2.02. The molecule has 0 N–H and O–H groups in total. The van der Waals surface area contributed by atoms with Crippen molar-refractivity contribution in [1.29, 1.82) is 0 Å². The van der Waals surface area contributed by atoms with Gasteiger partial charge in [0.05, 0.1) is 5.69 Å². The predicted molar refractivity (Wildman–Crippen MR) is 54.1 cm³/mol. The van der Waals surface area contributed by atoms with Gasteiger partial charge in [0.1, 0.15) is 0 Å². The van der Waals surface area contributed by atoms with E-state index in [1.54, 1.807) is 6.20 Å². The molecule has 0 saturated heterocycles. The minimum atomic E-state index is 0.604. The number of nitrogens with zero attached hydrogens (tertiary/aromatic N) is 1. The highest BCUT2D eigenvalue weighted by Gasteiger charge is 2.00. The highest BCUT2D eigenvalue weighted by Crippen LogP contribution is 2.19. The number of hydrogen-bond donors (Lipinski definition) is 0. The van der Waals surface area contributed by atoms with Gasteiger partial charge < -0.3 is 0 Å². The smallest absolute Gasteiger partial charge is 0.0558 e. The maximum Gasteiger partial charge on any atom is 0.0558 e. The molecule has 0 spiro atoms. The van der Waals surface area contributed by atoms with Gasteiger partial charge in [-0.3, -0.25) is 4.98 Å². The molecule has 0 fully saturated rings. The van der Waals surface area contributed by atoms with Crippen molar-refractivity contribution in [2.75, 3.05) is 5.88 Å². The molecular formula is C7H6Br2ClN. The van der Waals surface area contributed by atoms with Crippen LogP contribution in [0.1, 0.15) is 5.69 Å². The van der Waals surface area contributed by atoms with E-state index in [1.165, 1.54) is 0 Å². The number of alkyl halides is 1. The maximum atomic E-state index is 5.58. The van der Waals surface area contributed by atoms with Crippen molar-refractivity contribution in [1.82, 2.24) is 4.98 Å². The lowest BCUT2D eigenvalue weighted by atomic mass is 10.3. The Morgan fingerprint density at radius 1 is 1.45 bits per heavy atom. The normalized spacial score (nSPS) is 10.1. The topological polar surface area (TPSA) is 12.9 Å². The van der Waals surface area contributed by atoms with Gasteiger partial charge in [0, 0.05) is 27.4 Å². The van der Waals surface area contributed by atoms with Crippen LogP contribution in [0.2, 0.25) is 0 Å². The molecule has 0 amide bonds. The third-order valence-corrected chi connectivity index (χ3v) is 2.52. The molecule has 0 aromatic carbocycles. The number of rotatable bonds is 2. The summed E-state index contributed by atoms with van der Waals surface area (Å²) in [4.78, 5) is 4.19. The predicted octanol–water partition coefficient (Wildman–Crippen LogP) is 3.39. The van der Waals surface area contributed by atoms with Crippen LogP contribution in [0.15, 0.2) is 21.2 Å². The van der Waals surface area contributed by atoms with Crippen LogP contribution in [-0.2, 0) is 6.42 Å². The van der Waals surface area contributed by atoms with Gasteiger partial charge >= 0.3 is 0 Å². The van der Waals surface area contributed by atoms with E-state index >= 15 is 0 Å². The fraction of sp³-hybridized carbons (Fsp3) is 0.286. The Bertz CT molecular complexity index is 252. The molecule has 1 aromatic rings. The zero-order valence-corrected chi connectivity index (χ0v) is 9.58. The highest BCUT2D eigenvalue weighted by atomic mass is 79.9. The fourth-order valence-corrected chi connectivity index (χ4v) is 2.08. The van der Waals surface area contributed by atoms with Crippen LogP contribution in [0.3, 0.4) is 0 Å². The van der Waals surface area contributed by atoms with Crippen molar-refractivity contribution in [3.8, 4) is 0 Å². The lowest BCUT2D eigenvalue weighted by Gasteiger charge is -1.99. The maximum absolute atomic E-state index is 5.58. The largest absolute Gasteiger partial charge is 0.259 e. The summed E-state index contributed by atoms with van der Waals surface area (Å²) in [6.45, 7) is 0. The molecule has 0 atom stereocenters. The first kappa shape index (κ1) is 9.49. The van der Waals surface area contributed by atoms with Crippen LogP contribution in [0.5, 0.6) is 0 Å². The second-order valence-corrected chi connectivity index (χ2v) is 4.17. The van der Waals surface area contributed by atoms with Crippen LogP contribution in [0, 0.1) is 0 Å². The molecule has 4 heteroatoms. The van der Waals surface area contributed by atoms with Gasteiger partial charge in [-0.05, 0) is 37.9 Å². The van der Waals surface area contributed by atoms with Crippen molar-refractivity contribution in [2.24, 2.45) is 0 Å². The van der Waals surface area contributed by atoms with Crippen LogP contribution in [-0.4, -0.2) is 10.9 Å². The van der Waals surface area contributed by atoms with Gasteiger partial charge in [-0.2, -0.15) is 0 Å². The summed E-state index contributed by atoms with van der Waals surface area (Å²) in [5.74, 6) is 0.604. The Morgan fingerprint density at radius 2 is 2.18 bits per heavy atom. The van der Waals surface area contributed by atoms with Crippen molar-refractivity contribution < 1.29 is 0 Å². The van der Waals surface area contributed by atoms with E-state index in [9.17, 15) is 0 Å². The van der Waals surface area contributed by atoms with Crippen LogP contribution in [0.25, 0.3) is 0 Å². The Labute approximate surface area is 87.4 Å². The molecule has 0 aliphatic carbocycles. The minimum absolute atomic E-state index is 0.604. The first-order chi connectivity index (χ1) is 5.24. The number of halogens is 3. The molecule has 0 unspecified atom stereocenters. The highest BCUT2D eigenvalue weighted by molar-refractivity contribution is 9.11. The fourth-order valence-electron chi connectivity index (χ4n) is 0.716. The summed E-state index contributed by atoms with van der Waals surface area (Å²) in [6.07, 6.45) is 2.57. The minimum Gasteiger partial charge on any atom is -0.259 e. The Hall–Kier alpha value is 0.400. The van der Waals surface area contributed by atoms with Crippen LogP contribution in [0.4, 0.5) is 0 Å². The summed E-state index contributed by atoms with van der Waals surface area (Å²) in [5, 5.41) is 0. The third kappa shape index (κ3) is 2.73. The summed E-state index contributed by atoms with van der Waals surface area (Å²) in [7, 11) is 0. The lowest BCUT2D eigenvalue weighted by Crippen LogP contribution is -1.91. The Morgan fingerprint density at radius 3 is 2.73 bits per heavy atom. The molecule has 1 nitrogen and oxygen atoms in total. The van der Waals surface area contributed by atoms with E-state index in [-0.39, 0.29) is 0 Å². The van der Waals surface area contributed by atoms with Gasteiger partial charge in [0.15, 0.2) is 0 Å². The first-order valence-corrected chi connectivity index (χ1v) is 5.22. The first-order valence-electron chi connectivity index (χ1n) is 3.10. The molecule has 0 radical (unpaired) electrons. The molecule has 60 valence electrons. The van der Waals surface area contributed by atoms with Crippen LogP contribution >= 0.6 is 43.5 Å². The molecule has 0 bridgehead atoms. The quantitative estimate of drug-likeness (QED) is 0.763. The standard InChI is InChI=1S/C7H6Br2ClN/c8-5-3-6(9)7(1-2-10)11-4-5/h3-4H,1-2H2. The SMILES string of the molecule is ClCCc1ncc(Br)cc1Br. The van der Waals surface area contributed by atoms with Gasteiger partial charge in [-0.1, -0.05) is 0 Å². The third-order valence-electron chi connectivity index (χ3n) is 1.22. The Kier molecular flexibility index (Phi) is 3.82. The van der Waals surface area contributed by atoms with Gasteiger partial charge in [-0.25, -0.2) is 0 Å². The van der Waals surface area contributed by atoms with Crippen molar-refractivity contribution in [3.63, 3.8) is 0 Å². The second kappa shape index (κ2) is 4.43. The number of aromatic nitrogens is 1. The number of pyridine rings is 1. The van der Waals surface area contributed by atoms with E-state index in [0.29, 0.717) is 5.88 Å².